The predicted octanol–water partition coefficient (Wildman–Crippen LogP) is 1.12. The van der Waals surface area contributed by atoms with Gasteiger partial charge in [-0.25, -0.2) is 9.97 Å². The van der Waals surface area contributed by atoms with Crippen molar-refractivity contribution in [1.29, 1.82) is 0 Å². The largest absolute Gasteiger partial charge is 0.386 e. The number of amides is 1. The topological polar surface area (TPSA) is 66.3 Å². The molecule has 5 nitrogen and oxygen atoms in total. The van der Waals surface area contributed by atoms with Crippen LogP contribution in [-0.4, -0.2) is 44.6 Å². The van der Waals surface area contributed by atoms with Gasteiger partial charge in [-0.15, -0.1) is 0 Å². The fourth-order valence-corrected chi connectivity index (χ4v) is 2.11. The first-order chi connectivity index (χ1) is 8.04. The molecule has 0 saturated carbocycles. The molecule has 92 valence electrons. The Bertz CT molecular complexity index is 415. The van der Waals surface area contributed by atoms with Crippen LogP contribution in [-0.2, 0) is 0 Å². The van der Waals surface area contributed by atoms with Crippen LogP contribution in [0.2, 0.25) is 5.15 Å². The van der Waals surface area contributed by atoms with Crippen LogP contribution in [0.25, 0.3) is 0 Å². The maximum atomic E-state index is 11.9. The van der Waals surface area contributed by atoms with Crippen LogP contribution < -0.4 is 0 Å². The molecule has 2 heterocycles. The van der Waals surface area contributed by atoms with Crippen LogP contribution in [0.3, 0.4) is 0 Å². The number of carbonyl (C=O) groups excluding carboxylic acids is 1. The Labute approximate surface area is 104 Å². The smallest absolute Gasteiger partial charge is 0.274 e. The van der Waals surface area contributed by atoms with Crippen molar-refractivity contribution in [1.82, 2.24) is 14.9 Å². The molecule has 0 unspecified atom stereocenters. The molecule has 6 heteroatoms. The number of hydrogen-bond acceptors (Lipinski definition) is 4. The second kappa shape index (κ2) is 4.58. The number of aliphatic hydroxyl groups is 1. The minimum Gasteiger partial charge on any atom is -0.386 e. The monoisotopic (exact) mass is 255 g/mol. The number of rotatable bonds is 3. The summed E-state index contributed by atoms with van der Waals surface area (Å²) in [6, 6.07) is 0. The van der Waals surface area contributed by atoms with E-state index in [0.717, 1.165) is 6.42 Å². The lowest BCUT2D eigenvalue weighted by Gasteiger charge is -2.46. The average molecular weight is 256 g/mol. The van der Waals surface area contributed by atoms with Crippen molar-refractivity contribution in [3.8, 4) is 0 Å². The van der Waals surface area contributed by atoms with Gasteiger partial charge in [-0.1, -0.05) is 24.9 Å². The minimum atomic E-state index is -0.718. The molecule has 0 aromatic carbocycles. The van der Waals surface area contributed by atoms with Gasteiger partial charge >= 0.3 is 0 Å². The molecule has 1 saturated heterocycles. The quantitative estimate of drug-likeness (QED) is 0.879. The highest BCUT2D eigenvalue weighted by atomic mass is 35.5. The van der Waals surface area contributed by atoms with Crippen LogP contribution in [0.15, 0.2) is 12.4 Å². The summed E-state index contributed by atoms with van der Waals surface area (Å²) in [6.07, 6.45) is 4.30. The molecule has 1 fully saturated rings. The van der Waals surface area contributed by atoms with Crippen molar-refractivity contribution >= 4 is 17.5 Å². The molecule has 1 aliphatic rings. The van der Waals surface area contributed by atoms with Gasteiger partial charge in [-0.05, 0) is 6.42 Å². The molecule has 17 heavy (non-hydrogen) atoms. The molecule has 1 aliphatic heterocycles. The van der Waals surface area contributed by atoms with E-state index in [4.69, 9.17) is 11.6 Å². The van der Waals surface area contributed by atoms with Gasteiger partial charge in [0.2, 0.25) is 0 Å². The summed E-state index contributed by atoms with van der Waals surface area (Å²) in [6.45, 7) is 2.74. The van der Waals surface area contributed by atoms with Crippen molar-refractivity contribution in [3.63, 3.8) is 0 Å². The van der Waals surface area contributed by atoms with E-state index in [0.29, 0.717) is 19.5 Å². The fraction of sp³-hybridized carbons (Fsp3) is 0.545. The Morgan fingerprint density at radius 3 is 2.76 bits per heavy atom. The molecule has 0 aliphatic carbocycles. The van der Waals surface area contributed by atoms with Gasteiger partial charge in [0.1, 0.15) is 10.8 Å². The zero-order valence-corrected chi connectivity index (χ0v) is 10.3. The van der Waals surface area contributed by atoms with Crippen LogP contribution >= 0.6 is 11.6 Å². The number of nitrogens with zero attached hydrogens (tertiary/aromatic N) is 3. The van der Waals surface area contributed by atoms with E-state index in [2.05, 4.69) is 9.97 Å². The molecule has 0 bridgehead atoms. The first kappa shape index (κ1) is 12.3. The van der Waals surface area contributed by atoms with Crippen molar-refractivity contribution in [2.45, 2.75) is 25.4 Å². The lowest BCUT2D eigenvalue weighted by molar-refractivity contribution is -0.0861. The first-order valence-corrected chi connectivity index (χ1v) is 5.91. The van der Waals surface area contributed by atoms with Gasteiger partial charge in [0, 0.05) is 0 Å². The highest BCUT2D eigenvalue weighted by Crippen LogP contribution is 2.26. The maximum Gasteiger partial charge on any atom is 0.274 e. The van der Waals surface area contributed by atoms with Crippen molar-refractivity contribution in [2.75, 3.05) is 13.1 Å². The normalized spacial score (nSPS) is 17.7. The first-order valence-electron chi connectivity index (χ1n) is 5.53. The van der Waals surface area contributed by atoms with Crippen LogP contribution in [0.4, 0.5) is 0 Å². The number of β-amino-alcohol motifs (C(OH)–C–C–N with tert-alkyl or cyclic N) is 1. The summed E-state index contributed by atoms with van der Waals surface area (Å²) in [5, 5.41) is 10.2. The molecule has 1 aromatic rings. The number of hydrogen-bond donors (Lipinski definition) is 1. The highest BCUT2D eigenvalue weighted by molar-refractivity contribution is 6.29. The summed E-state index contributed by atoms with van der Waals surface area (Å²) in [5.74, 6) is -0.213. The van der Waals surface area contributed by atoms with Crippen molar-refractivity contribution in [3.05, 3.63) is 23.2 Å². The number of likely N-dealkylation sites (tertiary alicyclic amines) is 1. The number of aromatic nitrogens is 2. The zero-order valence-electron chi connectivity index (χ0n) is 9.56. The summed E-state index contributed by atoms with van der Waals surface area (Å²) in [7, 11) is 0. The molecular formula is C11H14ClN3O2. The Balaban J connectivity index is 1.97. The SMILES string of the molecule is CCCC1(O)CN(C(=O)c2cnc(Cl)cn2)C1. The number of carbonyl (C=O) groups is 1. The van der Waals surface area contributed by atoms with E-state index in [1.807, 2.05) is 6.92 Å². The molecule has 0 radical (unpaired) electrons. The van der Waals surface area contributed by atoms with E-state index in [1.165, 1.54) is 12.4 Å². The van der Waals surface area contributed by atoms with E-state index < -0.39 is 5.60 Å². The second-order valence-corrected chi connectivity index (χ2v) is 4.75. The van der Waals surface area contributed by atoms with E-state index >= 15 is 0 Å². The molecule has 1 amide bonds. The van der Waals surface area contributed by atoms with E-state index in [-0.39, 0.29) is 16.8 Å². The highest BCUT2D eigenvalue weighted by Gasteiger charge is 2.43. The molecule has 2 rings (SSSR count). The standard InChI is InChI=1S/C11H14ClN3O2/c1-2-3-11(17)6-15(7-11)10(16)8-4-14-9(12)5-13-8/h4-5,17H,2-3,6-7H2,1H3. The molecule has 1 N–H and O–H groups in total. The van der Waals surface area contributed by atoms with E-state index in [1.54, 1.807) is 4.90 Å². The average Bonchev–Trinajstić information content (AvgIpc) is 2.26. The Morgan fingerprint density at radius 1 is 1.53 bits per heavy atom. The van der Waals surface area contributed by atoms with Gasteiger partial charge in [0.25, 0.3) is 5.91 Å². The third-order valence-electron chi connectivity index (χ3n) is 2.81. The van der Waals surface area contributed by atoms with Gasteiger partial charge in [-0.3, -0.25) is 4.79 Å². The molecule has 0 spiro atoms. The molecular weight excluding hydrogens is 242 g/mol. The molecule has 0 atom stereocenters. The van der Waals surface area contributed by atoms with Crippen LogP contribution in [0, 0.1) is 0 Å². The van der Waals surface area contributed by atoms with Crippen LogP contribution in [0.5, 0.6) is 0 Å². The Kier molecular flexibility index (Phi) is 3.31. The van der Waals surface area contributed by atoms with Gasteiger partial charge in [-0.2, -0.15) is 0 Å². The van der Waals surface area contributed by atoms with Gasteiger partial charge < -0.3 is 10.0 Å². The second-order valence-electron chi connectivity index (χ2n) is 4.36. The number of halogens is 1. The van der Waals surface area contributed by atoms with Gasteiger partial charge in [0.15, 0.2) is 0 Å². The van der Waals surface area contributed by atoms with Gasteiger partial charge in [0.05, 0.1) is 31.1 Å². The van der Waals surface area contributed by atoms with Crippen LogP contribution in [0.1, 0.15) is 30.3 Å². The zero-order chi connectivity index (χ0) is 12.5. The minimum absolute atomic E-state index is 0.213. The Morgan fingerprint density at radius 2 is 2.24 bits per heavy atom. The van der Waals surface area contributed by atoms with Crippen molar-refractivity contribution < 1.29 is 9.90 Å². The Hall–Kier alpha value is -1.20. The summed E-state index contributed by atoms with van der Waals surface area (Å²) in [5.41, 5.74) is -0.461. The summed E-state index contributed by atoms with van der Waals surface area (Å²) >= 11 is 5.59. The fourth-order valence-electron chi connectivity index (χ4n) is 2.02. The maximum absolute atomic E-state index is 11.9. The lowest BCUT2D eigenvalue weighted by atomic mass is 9.89. The predicted molar refractivity (Wildman–Crippen MR) is 62.8 cm³/mol. The molecule has 1 aromatic heterocycles. The van der Waals surface area contributed by atoms with E-state index in [9.17, 15) is 9.90 Å². The summed E-state index contributed by atoms with van der Waals surface area (Å²) in [4.78, 5) is 21.2. The lowest BCUT2D eigenvalue weighted by Crippen LogP contribution is -2.63. The summed E-state index contributed by atoms with van der Waals surface area (Å²) < 4.78 is 0. The third-order valence-corrected chi connectivity index (χ3v) is 3.01. The third kappa shape index (κ3) is 2.56. The van der Waals surface area contributed by atoms with Crippen molar-refractivity contribution in [2.24, 2.45) is 0 Å².